The molecule has 124 valence electrons. The zero-order valence-electron chi connectivity index (χ0n) is 13.8. The SMILES string of the molecule is Cc1ncc(CN2CCC[C@](O)(c3ccc(F)cc3)CC2)n1C. The van der Waals surface area contributed by atoms with Gasteiger partial charge in [-0.05, 0) is 50.4 Å². The summed E-state index contributed by atoms with van der Waals surface area (Å²) in [6.07, 6.45) is 4.21. The molecule has 1 aliphatic rings. The van der Waals surface area contributed by atoms with Gasteiger partial charge in [0.2, 0.25) is 0 Å². The summed E-state index contributed by atoms with van der Waals surface area (Å²) in [5, 5.41) is 11.0. The summed E-state index contributed by atoms with van der Waals surface area (Å²) in [5.41, 5.74) is 1.15. The summed E-state index contributed by atoms with van der Waals surface area (Å²) in [6, 6.07) is 6.26. The van der Waals surface area contributed by atoms with Gasteiger partial charge in [0.1, 0.15) is 11.6 Å². The molecule has 0 unspecified atom stereocenters. The van der Waals surface area contributed by atoms with Crippen LogP contribution in [0.3, 0.4) is 0 Å². The number of imidazole rings is 1. The third kappa shape index (κ3) is 3.46. The quantitative estimate of drug-likeness (QED) is 0.946. The fourth-order valence-electron chi connectivity index (χ4n) is 3.31. The predicted molar refractivity (Wildman–Crippen MR) is 87.4 cm³/mol. The summed E-state index contributed by atoms with van der Waals surface area (Å²) >= 11 is 0. The second-order valence-electron chi connectivity index (χ2n) is 6.52. The Morgan fingerprint density at radius 2 is 1.96 bits per heavy atom. The molecular weight excluding hydrogens is 293 g/mol. The van der Waals surface area contributed by atoms with E-state index in [0.29, 0.717) is 12.8 Å². The van der Waals surface area contributed by atoms with Gasteiger partial charge in [0.25, 0.3) is 0 Å². The van der Waals surface area contributed by atoms with Crippen molar-refractivity contribution in [1.82, 2.24) is 14.5 Å². The number of aryl methyl sites for hydroxylation is 1. The average molecular weight is 317 g/mol. The molecule has 1 atom stereocenters. The van der Waals surface area contributed by atoms with Crippen LogP contribution in [0.25, 0.3) is 0 Å². The lowest BCUT2D eigenvalue weighted by atomic mass is 9.87. The Balaban J connectivity index is 1.69. The molecule has 1 N–H and O–H groups in total. The first kappa shape index (κ1) is 16.1. The van der Waals surface area contributed by atoms with E-state index in [1.807, 2.05) is 20.2 Å². The Kier molecular flexibility index (Phi) is 4.50. The van der Waals surface area contributed by atoms with E-state index in [1.54, 1.807) is 12.1 Å². The summed E-state index contributed by atoms with van der Waals surface area (Å²) in [6.45, 7) is 4.61. The van der Waals surface area contributed by atoms with Crippen LogP contribution in [-0.2, 0) is 19.2 Å². The van der Waals surface area contributed by atoms with E-state index in [0.717, 1.165) is 37.4 Å². The Labute approximate surface area is 136 Å². The maximum atomic E-state index is 13.1. The van der Waals surface area contributed by atoms with Gasteiger partial charge in [-0.2, -0.15) is 0 Å². The fraction of sp³-hybridized carbons (Fsp3) is 0.500. The molecule has 1 aromatic carbocycles. The fourth-order valence-corrected chi connectivity index (χ4v) is 3.31. The molecule has 0 amide bonds. The Hall–Kier alpha value is -1.72. The third-order valence-electron chi connectivity index (χ3n) is 4.99. The predicted octanol–water partition coefficient (Wildman–Crippen LogP) is 2.74. The van der Waals surface area contributed by atoms with Crippen molar-refractivity contribution in [2.24, 2.45) is 7.05 Å². The van der Waals surface area contributed by atoms with Crippen molar-refractivity contribution in [1.29, 1.82) is 0 Å². The number of nitrogens with zero attached hydrogens (tertiary/aromatic N) is 3. The summed E-state index contributed by atoms with van der Waals surface area (Å²) < 4.78 is 15.2. The van der Waals surface area contributed by atoms with Crippen molar-refractivity contribution in [3.05, 3.63) is 53.4 Å². The highest BCUT2D eigenvalue weighted by atomic mass is 19.1. The lowest BCUT2D eigenvalue weighted by molar-refractivity contribution is 0.0209. The second-order valence-corrected chi connectivity index (χ2v) is 6.52. The number of aromatic nitrogens is 2. The molecule has 0 saturated carbocycles. The van der Waals surface area contributed by atoms with Crippen molar-refractivity contribution in [2.45, 2.75) is 38.3 Å². The molecule has 3 rings (SSSR count). The molecule has 23 heavy (non-hydrogen) atoms. The number of likely N-dealkylation sites (tertiary alicyclic amines) is 1. The van der Waals surface area contributed by atoms with Crippen molar-refractivity contribution in [3.63, 3.8) is 0 Å². The van der Waals surface area contributed by atoms with Gasteiger partial charge in [-0.3, -0.25) is 4.90 Å². The first-order valence-electron chi connectivity index (χ1n) is 8.16. The smallest absolute Gasteiger partial charge is 0.123 e. The van der Waals surface area contributed by atoms with Gasteiger partial charge in [-0.1, -0.05) is 12.1 Å². The molecule has 1 saturated heterocycles. The standard InChI is InChI=1S/C18H24FN3O/c1-14-20-12-17(21(14)2)13-22-10-3-8-18(23,9-11-22)15-4-6-16(19)7-5-15/h4-7,12,23H,3,8-11,13H2,1-2H3/t18-/m1/s1. The first-order chi connectivity index (χ1) is 11.0. The van der Waals surface area contributed by atoms with Gasteiger partial charge >= 0.3 is 0 Å². The summed E-state index contributed by atoms with van der Waals surface area (Å²) in [7, 11) is 2.03. The van der Waals surface area contributed by atoms with Gasteiger partial charge in [-0.25, -0.2) is 9.37 Å². The molecule has 0 aliphatic carbocycles. The first-order valence-corrected chi connectivity index (χ1v) is 8.16. The number of aliphatic hydroxyl groups is 1. The molecule has 0 radical (unpaired) electrons. The maximum Gasteiger partial charge on any atom is 0.123 e. The Bertz CT molecular complexity index is 667. The monoisotopic (exact) mass is 317 g/mol. The van der Waals surface area contributed by atoms with E-state index >= 15 is 0 Å². The second kappa shape index (κ2) is 6.42. The molecule has 5 heteroatoms. The van der Waals surface area contributed by atoms with Crippen molar-refractivity contribution < 1.29 is 9.50 Å². The van der Waals surface area contributed by atoms with Crippen LogP contribution >= 0.6 is 0 Å². The summed E-state index contributed by atoms with van der Waals surface area (Å²) in [4.78, 5) is 6.70. The van der Waals surface area contributed by atoms with Crippen LogP contribution in [0, 0.1) is 12.7 Å². The minimum Gasteiger partial charge on any atom is -0.385 e. The Morgan fingerprint density at radius 3 is 2.61 bits per heavy atom. The lowest BCUT2D eigenvalue weighted by Gasteiger charge is -2.27. The highest BCUT2D eigenvalue weighted by Gasteiger charge is 2.32. The number of hydrogen-bond acceptors (Lipinski definition) is 3. The largest absolute Gasteiger partial charge is 0.385 e. The summed E-state index contributed by atoms with van der Waals surface area (Å²) in [5.74, 6) is 0.747. The van der Waals surface area contributed by atoms with Gasteiger partial charge in [0.15, 0.2) is 0 Å². The van der Waals surface area contributed by atoms with Gasteiger partial charge in [-0.15, -0.1) is 0 Å². The molecule has 0 bridgehead atoms. The zero-order chi connectivity index (χ0) is 16.4. The molecule has 1 aliphatic heterocycles. The Morgan fingerprint density at radius 1 is 1.22 bits per heavy atom. The maximum absolute atomic E-state index is 13.1. The number of rotatable bonds is 3. The average Bonchev–Trinajstić information content (AvgIpc) is 2.73. The van der Waals surface area contributed by atoms with Crippen LogP contribution in [0.5, 0.6) is 0 Å². The van der Waals surface area contributed by atoms with Crippen LogP contribution in [-0.4, -0.2) is 32.6 Å². The van der Waals surface area contributed by atoms with Gasteiger partial charge in [0, 0.05) is 26.3 Å². The van der Waals surface area contributed by atoms with Gasteiger partial charge < -0.3 is 9.67 Å². The van der Waals surface area contributed by atoms with Crippen molar-refractivity contribution in [2.75, 3.05) is 13.1 Å². The number of halogens is 1. The highest BCUT2D eigenvalue weighted by Crippen LogP contribution is 2.33. The number of benzene rings is 1. The van der Waals surface area contributed by atoms with E-state index in [-0.39, 0.29) is 5.82 Å². The molecule has 1 fully saturated rings. The topological polar surface area (TPSA) is 41.3 Å². The minimum absolute atomic E-state index is 0.265. The third-order valence-corrected chi connectivity index (χ3v) is 4.99. The normalized spacial score (nSPS) is 23.0. The van der Waals surface area contributed by atoms with E-state index < -0.39 is 5.60 Å². The van der Waals surface area contributed by atoms with Crippen molar-refractivity contribution in [3.8, 4) is 0 Å². The number of hydrogen-bond donors (Lipinski definition) is 1. The molecule has 2 aromatic rings. The lowest BCUT2D eigenvalue weighted by Crippen LogP contribution is -2.29. The zero-order valence-corrected chi connectivity index (χ0v) is 13.8. The van der Waals surface area contributed by atoms with Crippen LogP contribution in [0.2, 0.25) is 0 Å². The van der Waals surface area contributed by atoms with E-state index in [2.05, 4.69) is 14.5 Å². The molecular formula is C18H24FN3O. The molecule has 2 heterocycles. The van der Waals surface area contributed by atoms with E-state index in [4.69, 9.17) is 0 Å². The van der Waals surface area contributed by atoms with Gasteiger partial charge in [0.05, 0.1) is 11.3 Å². The van der Waals surface area contributed by atoms with E-state index in [9.17, 15) is 9.50 Å². The van der Waals surface area contributed by atoms with Crippen molar-refractivity contribution >= 4 is 0 Å². The molecule has 0 spiro atoms. The van der Waals surface area contributed by atoms with Crippen LogP contribution in [0.15, 0.2) is 30.5 Å². The van der Waals surface area contributed by atoms with Crippen LogP contribution in [0.4, 0.5) is 4.39 Å². The van der Waals surface area contributed by atoms with E-state index in [1.165, 1.54) is 17.8 Å². The minimum atomic E-state index is -0.856. The van der Waals surface area contributed by atoms with Crippen LogP contribution in [0.1, 0.15) is 36.3 Å². The van der Waals surface area contributed by atoms with Crippen LogP contribution < -0.4 is 0 Å². The highest BCUT2D eigenvalue weighted by molar-refractivity contribution is 5.23. The molecule has 1 aromatic heterocycles. The molecule has 4 nitrogen and oxygen atoms in total.